The third kappa shape index (κ3) is 6.02. The standard InChI is InChI=1S/C17H24O5/c1-6-10-19-13-8-9-15(20-11-7-2)22-14(13)12-21-16(18)17(3,4)5/h2,6,8-9,13-15H,1,10-12H2,3-5H3/t13-,14+,15-/m0/s1. The zero-order valence-electron chi connectivity index (χ0n) is 13.4. The average Bonchev–Trinajstić information content (AvgIpc) is 2.48. The van der Waals surface area contributed by atoms with Gasteiger partial charge >= 0.3 is 5.97 Å². The lowest BCUT2D eigenvalue weighted by molar-refractivity contribution is -0.192. The maximum absolute atomic E-state index is 11.9. The van der Waals surface area contributed by atoms with Crippen molar-refractivity contribution in [2.75, 3.05) is 19.8 Å². The summed E-state index contributed by atoms with van der Waals surface area (Å²) < 4.78 is 22.0. The van der Waals surface area contributed by atoms with E-state index in [9.17, 15) is 4.79 Å². The molecule has 5 nitrogen and oxygen atoms in total. The minimum absolute atomic E-state index is 0.0815. The lowest BCUT2D eigenvalue weighted by atomic mass is 9.97. The van der Waals surface area contributed by atoms with E-state index in [1.54, 1.807) is 32.9 Å². The molecule has 1 rings (SSSR count). The Morgan fingerprint density at radius 1 is 1.41 bits per heavy atom. The quantitative estimate of drug-likeness (QED) is 0.409. The number of carbonyl (C=O) groups is 1. The molecule has 122 valence electrons. The Hall–Kier alpha value is -1.61. The third-order valence-corrected chi connectivity index (χ3v) is 2.86. The van der Waals surface area contributed by atoms with E-state index in [2.05, 4.69) is 12.5 Å². The lowest BCUT2D eigenvalue weighted by Crippen LogP contribution is -2.42. The third-order valence-electron chi connectivity index (χ3n) is 2.86. The first kappa shape index (κ1) is 18.4. The van der Waals surface area contributed by atoms with Crippen molar-refractivity contribution in [3.8, 4) is 12.3 Å². The molecule has 0 aromatic heterocycles. The van der Waals surface area contributed by atoms with Crippen LogP contribution in [-0.2, 0) is 23.7 Å². The molecule has 0 bridgehead atoms. The van der Waals surface area contributed by atoms with Gasteiger partial charge in [0.05, 0.1) is 12.0 Å². The molecule has 0 spiro atoms. The fraction of sp³-hybridized carbons (Fsp3) is 0.588. The topological polar surface area (TPSA) is 54.0 Å². The van der Waals surface area contributed by atoms with Crippen LogP contribution in [-0.4, -0.2) is 44.3 Å². The fourth-order valence-corrected chi connectivity index (χ4v) is 1.69. The van der Waals surface area contributed by atoms with Gasteiger partial charge in [-0.1, -0.05) is 18.1 Å². The molecule has 0 radical (unpaired) electrons. The van der Waals surface area contributed by atoms with E-state index in [1.807, 2.05) is 6.08 Å². The molecule has 0 unspecified atom stereocenters. The zero-order valence-corrected chi connectivity index (χ0v) is 13.4. The highest BCUT2D eigenvalue weighted by molar-refractivity contribution is 5.75. The highest BCUT2D eigenvalue weighted by Crippen LogP contribution is 2.20. The van der Waals surface area contributed by atoms with E-state index < -0.39 is 17.8 Å². The molecule has 0 aromatic rings. The number of hydrogen-bond acceptors (Lipinski definition) is 5. The average molecular weight is 308 g/mol. The number of terminal acetylenes is 1. The summed E-state index contributed by atoms with van der Waals surface area (Å²) in [6, 6.07) is 0. The molecule has 0 amide bonds. The molecule has 0 saturated carbocycles. The second-order valence-corrected chi connectivity index (χ2v) is 5.88. The van der Waals surface area contributed by atoms with E-state index in [-0.39, 0.29) is 25.3 Å². The van der Waals surface area contributed by atoms with E-state index in [0.29, 0.717) is 6.61 Å². The van der Waals surface area contributed by atoms with Crippen LogP contribution in [0.1, 0.15) is 20.8 Å². The van der Waals surface area contributed by atoms with Crippen molar-refractivity contribution in [3.63, 3.8) is 0 Å². The van der Waals surface area contributed by atoms with Crippen LogP contribution in [0.15, 0.2) is 24.8 Å². The van der Waals surface area contributed by atoms with Gasteiger partial charge in [-0.05, 0) is 26.8 Å². The molecular formula is C17H24O5. The normalized spacial score (nSPS) is 24.5. The summed E-state index contributed by atoms with van der Waals surface area (Å²) in [6.45, 7) is 9.58. The van der Waals surface area contributed by atoms with Crippen molar-refractivity contribution in [2.45, 2.75) is 39.3 Å². The molecule has 5 heteroatoms. The Bertz CT molecular complexity index is 441. The van der Waals surface area contributed by atoms with Crippen LogP contribution in [0.4, 0.5) is 0 Å². The molecule has 0 N–H and O–H groups in total. The SMILES string of the molecule is C#CCO[C@@H]1C=C[C@H](OCC=C)[C@@H](COC(=O)C(C)(C)C)O1. The Morgan fingerprint density at radius 2 is 2.14 bits per heavy atom. The maximum atomic E-state index is 11.9. The molecule has 0 aliphatic carbocycles. The van der Waals surface area contributed by atoms with Crippen LogP contribution in [0, 0.1) is 17.8 Å². The molecule has 0 fully saturated rings. The lowest BCUT2D eigenvalue weighted by Gasteiger charge is -2.32. The van der Waals surface area contributed by atoms with Gasteiger partial charge in [-0.25, -0.2) is 0 Å². The van der Waals surface area contributed by atoms with E-state index in [0.717, 1.165) is 0 Å². The van der Waals surface area contributed by atoms with Gasteiger partial charge in [0, 0.05) is 0 Å². The van der Waals surface area contributed by atoms with Crippen LogP contribution >= 0.6 is 0 Å². The summed E-state index contributed by atoms with van der Waals surface area (Å²) in [4.78, 5) is 11.9. The largest absolute Gasteiger partial charge is 0.462 e. The number of rotatable bonds is 7. The van der Waals surface area contributed by atoms with E-state index in [1.165, 1.54) is 0 Å². The van der Waals surface area contributed by atoms with Gasteiger partial charge in [-0.2, -0.15) is 0 Å². The molecule has 1 aliphatic rings. The van der Waals surface area contributed by atoms with Crippen molar-refractivity contribution in [2.24, 2.45) is 5.41 Å². The number of hydrogen-bond donors (Lipinski definition) is 0. The number of ether oxygens (including phenoxy) is 4. The molecule has 22 heavy (non-hydrogen) atoms. The monoisotopic (exact) mass is 308 g/mol. The number of esters is 1. The molecule has 0 saturated heterocycles. The highest BCUT2D eigenvalue weighted by Gasteiger charge is 2.31. The Balaban J connectivity index is 2.64. The predicted molar refractivity (Wildman–Crippen MR) is 82.9 cm³/mol. The van der Waals surface area contributed by atoms with Gasteiger partial charge < -0.3 is 18.9 Å². The van der Waals surface area contributed by atoms with Crippen molar-refractivity contribution in [1.82, 2.24) is 0 Å². The summed E-state index contributed by atoms with van der Waals surface area (Å²) in [7, 11) is 0. The van der Waals surface area contributed by atoms with Gasteiger partial charge in [-0.15, -0.1) is 13.0 Å². The van der Waals surface area contributed by atoms with Gasteiger partial charge in [-0.3, -0.25) is 4.79 Å². The summed E-state index contributed by atoms with van der Waals surface area (Å²) >= 11 is 0. The van der Waals surface area contributed by atoms with Crippen LogP contribution in [0.3, 0.4) is 0 Å². The first-order valence-electron chi connectivity index (χ1n) is 7.17. The highest BCUT2D eigenvalue weighted by atomic mass is 16.7. The van der Waals surface area contributed by atoms with Crippen LogP contribution in [0.2, 0.25) is 0 Å². The maximum Gasteiger partial charge on any atom is 0.311 e. The van der Waals surface area contributed by atoms with Crippen molar-refractivity contribution < 1.29 is 23.7 Å². The summed E-state index contributed by atoms with van der Waals surface area (Å²) in [6.07, 6.45) is 8.99. The van der Waals surface area contributed by atoms with Gasteiger partial charge in [0.15, 0.2) is 6.29 Å². The van der Waals surface area contributed by atoms with E-state index >= 15 is 0 Å². The van der Waals surface area contributed by atoms with Gasteiger partial charge in [0.2, 0.25) is 0 Å². The first-order chi connectivity index (χ1) is 10.4. The second-order valence-electron chi connectivity index (χ2n) is 5.88. The summed E-state index contributed by atoms with van der Waals surface area (Å²) in [5.74, 6) is 2.08. The minimum Gasteiger partial charge on any atom is -0.462 e. The molecule has 1 heterocycles. The number of carbonyl (C=O) groups excluding carboxylic acids is 1. The molecule has 3 atom stereocenters. The molecule has 1 aliphatic heterocycles. The Labute approximate surface area is 132 Å². The first-order valence-corrected chi connectivity index (χ1v) is 7.17. The van der Waals surface area contributed by atoms with Crippen molar-refractivity contribution in [3.05, 3.63) is 24.8 Å². The Kier molecular flexibility index (Phi) is 7.33. The van der Waals surface area contributed by atoms with Crippen molar-refractivity contribution in [1.29, 1.82) is 0 Å². The fourth-order valence-electron chi connectivity index (χ4n) is 1.69. The van der Waals surface area contributed by atoms with Gasteiger partial charge in [0.25, 0.3) is 0 Å². The summed E-state index contributed by atoms with van der Waals surface area (Å²) in [5.41, 5.74) is -0.568. The van der Waals surface area contributed by atoms with Crippen molar-refractivity contribution >= 4 is 5.97 Å². The molecule has 0 aromatic carbocycles. The predicted octanol–water partition coefficient (Wildman–Crippen LogP) is 2.08. The second kappa shape index (κ2) is 8.74. The van der Waals surface area contributed by atoms with Crippen LogP contribution < -0.4 is 0 Å². The minimum atomic E-state index is -0.571. The smallest absolute Gasteiger partial charge is 0.311 e. The van der Waals surface area contributed by atoms with Gasteiger partial charge in [0.1, 0.15) is 25.4 Å². The van der Waals surface area contributed by atoms with Crippen LogP contribution in [0.5, 0.6) is 0 Å². The summed E-state index contributed by atoms with van der Waals surface area (Å²) in [5, 5.41) is 0. The van der Waals surface area contributed by atoms with E-state index in [4.69, 9.17) is 25.4 Å². The Morgan fingerprint density at radius 3 is 2.73 bits per heavy atom. The molecular weight excluding hydrogens is 284 g/mol. The van der Waals surface area contributed by atoms with Crippen LogP contribution in [0.25, 0.3) is 0 Å². The zero-order chi connectivity index (χ0) is 16.6.